The number of rotatable bonds is 5. The van der Waals surface area contributed by atoms with E-state index in [-0.39, 0.29) is 11.9 Å². The Bertz CT molecular complexity index is 693. The van der Waals surface area contributed by atoms with Crippen LogP contribution in [0.1, 0.15) is 30.9 Å². The summed E-state index contributed by atoms with van der Waals surface area (Å²) < 4.78 is 27.0. The number of benzene rings is 1. The number of carbonyl (C=O) groups is 1. The van der Waals surface area contributed by atoms with Crippen LogP contribution >= 0.6 is 0 Å². The molecule has 1 amide bonds. The summed E-state index contributed by atoms with van der Waals surface area (Å²) in [5, 5.41) is 0. The van der Waals surface area contributed by atoms with Crippen LogP contribution < -0.4 is 5.73 Å². The van der Waals surface area contributed by atoms with Gasteiger partial charge < -0.3 is 10.6 Å². The van der Waals surface area contributed by atoms with Crippen LogP contribution in [0.2, 0.25) is 0 Å². The van der Waals surface area contributed by atoms with Gasteiger partial charge in [0.15, 0.2) is 0 Å². The van der Waals surface area contributed by atoms with E-state index in [0.29, 0.717) is 43.9 Å². The van der Waals surface area contributed by atoms with Crippen molar-refractivity contribution in [2.45, 2.75) is 44.6 Å². The van der Waals surface area contributed by atoms with E-state index >= 15 is 0 Å². The molecule has 1 atom stereocenters. The van der Waals surface area contributed by atoms with Gasteiger partial charge in [-0.3, -0.25) is 4.79 Å². The number of hydrogen-bond acceptors (Lipinski definition) is 4. The predicted molar refractivity (Wildman–Crippen MR) is 94.1 cm³/mol. The van der Waals surface area contributed by atoms with Crippen molar-refractivity contribution >= 4 is 15.9 Å². The van der Waals surface area contributed by atoms with Gasteiger partial charge in [-0.1, -0.05) is 6.07 Å². The molecule has 0 saturated carbocycles. The van der Waals surface area contributed by atoms with Crippen LogP contribution in [0.3, 0.4) is 0 Å². The molecule has 0 spiro atoms. The molecule has 1 saturated heterocycles. The lowest BCUT2D eigenvalue weighted by atomic mass is 10.1. The first-order valence-corrected chi connectivity index (χ1v) is 9.76. The highest BCUT2D eigenvalue weighted by Gasteiger charge is 2.30. The third kappa shape index (κ3) is 4.34. The van der Waals surface area contributed by atoms with Gasteiger partial charge in [0.05, 0.1) is 4.90 Å². The predicted octanol–water partition coefficient (Wildman–Crippen LogP) is 1.26. The van der Waals surface area contributed by atoms with Crippen molar-refractivity contribution in [3.63, 3.8) is 0 Å². The smallest absolute Gasteiger partial charge is 0.243 e. The molecule has 1 aromatic rings. The Labute approximate surface area is 144 Å². The van der Waals surface area contributed by atoms with E-state index in [1.54, 1.807) is 17.0 Å². The molecule has 1 unspecified atom stereocenters. The van der Waals surface area contributed by atoms with E-state index in [1.807, 2.05) is 26.8 Å². The van der Waals surface area contributed by atoms with Crippen molar-refractivity contribution in [2.24, 2.45) is 5.73 Å². The Hall–Kier alpha value is -1.44. The highest BCUT2D eigenvalue weighted by molar-refractivity contribution is 7.89. The molecule has 1 aliphatic heterocycles. The minimum atomic E-state index is -3.50. The Balaban J connectivity index is 2.00. The molecule has 6 nitrogen and oxygen atoms in total. The number of aryl methyl sites for hydroxylation is 2. The first kappa shape index (κ1) is 18.9. The summed E-state index contributed by atoms with van der Waals surface area (Å²) in [5.41, 5.74) is 7.71. The molecule has 2 N–H and O–H groups in total. The fraction of sp³-hybridized carbons (Fsp3) is 0.588. The first-order valence-electron chi connectivity index (χ1n) is 8.32. The fourth-order valence-electron chi connectivity index (χ4n) is 2.71. The molecule has 24 heavy (non-hydrogen) atoms. The maximum absolute atomic E-state index is 12.7. The van der Waals surface area contributed by atoms with Crippen molar-refractivity contribution < 1.29 is 13.2 Å². The molecule has 0 aliphatic carbocycles. The second-order valence-electron chi connectivity index (χ2n) is 6.55. The maximum atomic E-state index is 12.7. The largest absolute Gasteiger partial charge is 0.340 e. The highest BCUT2D eigenvalue weighted by atomic mass is 32.2. The van der Waals surface area contributed by atoms with Crippen molar-refractivity contribution in [3.05, 3.63) is 29.3 Å². The number of sulfonamides is 1. The van der Waals surface area contributed by atoms with Crippen LogP contribution in [0.25, 0.3) is 0 Å². The van der Waals surface area contributed by atoms with E-state index in [0.717, 1.165) is 11.1 Å². The zero-order chi connectivity index (χ0) is 17.9. The Kier molecular flexibility index (Phi) is 6.01. The average molecular weight is 353 g/mol. The first-order chi connectivity index (χ1) is 11.2. The van der Waals surface area contributed by atoms with Crippen LogP contribution in [0.5, 0.6) is 0 Å². The van der Waals surface area contributed by atoms with Crippen LogP contribution in [-0.4, -0.2) is 55.8 Å². The van der Waals surface area contributed by atoms with E-state index < -0.39 is 10.0 Å². The molecule has 1 aliphatic rings. The lowest BCUT2D eigenvalue weighted by molar-refractivity contribution is -0.132. The summed E-state index contributed by atoms with van der Waals surface area (Å²) in [7, 11) is -3.50. The van der Waals surface area contributed by atoms with E-state index in [2.05, 4.69) is 0 Å². The second-order valence-corrected chi connectivity index (χ2v) is 8.48. The number of amides is 1. The van der Waals surface area contributed by atoms with Crippen LogP contribution in [-0.2, 0) is 14.8 Å². The maximum Gasteiger partial charge on any atom is 0.243 e. The number of nitrogens with two attached hydrogens (primary N) is 1. The van der Waals surface area contributed by atoms with Gasteiger partial charge in [0.25, 0.3) is 0 Å². The molecule has 7 heteroatoms. The third-order valence-corrected chi connectivity index (χ3v) is 6.42. The summed E-state index contributed by atoms with van der Waals surface area (Å²) in [5.74, 6) is 0.0514. The van der Waals surface area contributed by atoms with Gasteiger partial charge in [-0.25, -0.2) is 8.42 Å². The Morgan fingerprint density at radius 1 is 1.17 bits per heavy atom. The van der Waals surface area contributed by atoms with Gasteiger partial charge in [-0.2, -0.15) is 4.31 Å². The van der Waals surface area contributed by atoms with Gasteiger partial charge >= 0.3 is 0 Å². The van der Waals surface area contributed by atoms with E-state index in [4.69, 9.17) is 5.73 Å². The second kappa shape index (κ2) is 7.63. The molecule has 0 aromatic heterocycles. The quantitative estimate of drug-likeness (QED) is 0.864. The van der Waals surface area contributed by atoms with Gasteiger partial charge in [0.1, 0.15) is 0 Å². The molecule has 0 bridgehead atoms. The summed E-state index contributed by atoms with van der Waals surface area (Å²) >= 11 is 0. The zero-order valence-corrected chi connectivity index (χ0v) is 15.5. The zero-order valence-electron chi connectivity index (χ0n) is 14.7. The monoisotopic (exact) mass is 353 g/mol. The van der Waals surface area contributed by atoms with Crippen molar-refractivity contribution in [3.8, 4) is 0 Å². The normalized spacial score (nSPS) is 17.8. The lowest BCUT2D eigenvalue weighted by Crippen LogP contribution is -2.50. The third-order valence-electron chi connectivity index (χ3n) is 4.52. The number of carbonyl (C=O) groups excluding carboxylic acids is 1. The molecule has 0 radical (unpaired) electrons. The summed E-state index contributed by atoms with van der Waals surface area (Å²) in [6, 6.07) is 5.19. The highest BCUT2D eigenvalue weighted by Crippen LogP contribution is 2.20. The molecule has 1 heterocycles. The number of hydrogen-bond donors (Lipinski definition) is 1. The van der Waals surface area contributed by atoms with Crippen molar-refractivity contribution in [2.75, 3.05) is 26.2 Å². The van der Waals surface area contributed by atoms with Crippen LogP contribution in [0.4, 0.5) is 0 Å². The molecule has 134 valence electrons. The molecular weight excluding hydrogens is 326 g/mol. The van der Waals surface area contributed by atoms with E-state index in [9.17, 15) is 13.2 Å². The summed E-state index contributed by atoms with van der Waals surface area (Å²) in [4.78, 5) is 14.2. The Morgan fingerprint density at radius 3 is 2.33 bits per heavy atom. The fourth-order valence-corrected chi connectivity index (χ4v) is 4.22. The van der Waals surface area contributed by atoms with Crippen molar-refractivity contribution in [1.29, 1.82) is 0 Å². The number of nitrogens with zero attached hydrogens (tertiary/aromatic N) is 2. The van der Waals surface area contributed by atoms with Crippen LogP contribution in [0, 0.1) is 13.8 Å². The molecule has 1 fully saturated rings. The lowest BCUT2D eigenvalue weighted by Gasteiger charge is -2.34. The van der Waals surface area contributed by atoms with Crippen LogP contribution in [0.15, 0.2) is 23.1 Å². The van der Waals surface area contributed by atoms with Gasteiger partial charge in [-0.05, 0) is 50.5 Å². The number of piperazine rings is 1. The van der Waals surface area contributed by atoms with Gasteiger partial charge in [0, 0.05) is 38.6 Å². The topological polar surface area (TPSA) is 83.7 Å². The summed E-state index contributed by atoms with van der Waals surface area (Å²) in [6.45, 7) is 7.27. The average Bonchev–Trinajstić information content (AvgIpc) is 2.55. The van der Waals surface area contributed by atoms with Gasteiger partial charge in [-0.15, -0.1) is 0 Å². The van der Waals surface area contributed by atoms with Gasteiger partial charge in [0.2, 0.25) is 15.9 Å². The van der Waals surface area contributed by atoms with E-state index in [1.165, 1.54) is 4.31 Å². The van der Waals surface area contributed by atoms with Crippen molar-refractivity contribution in [1.82, 2.24) is 9.21 Å². The molecule has 2 rings (SSSR count). The molecule has 1 aromatic carbocycles. The standard InChI is InChI=1S/C17H27N3O3S/c1-13-4-6-16(12-14(13)2)24(22,23)20-10-8-19(9-11-20)17(21)7-5-15(3)18/h4,6,12,15H,5,7-11,18H2,1-3H3. The Morgan fingerprint density at radius 2 is 1.79 bits per heavy atom. The SMILES string of the molecule is Cc1ccc(S(=O)(=O)N2CCN(C(=O)CCC(C)N)CC2)cc1C. The minimum absolute atomic E-state index is 0.000365. The summed E-state index contributed by atoms with van der Waals surface area (Å²) in [6.07, 6.45) is 1.07. The molecular formula is C17H27N3O3S. The minimum Gasteiger partial charge on any atom is -0.340 e.